The highest BCUT2D eigenvalue weighted by Crippen LogP contribution is 2.34. The minimum absolute atomic E-state index is 0.192. The molecule has 0 aliphatic carbocycles. The molecule has 2 rings (SSSR count). The summed E-state index contributed by atoms with van der Waals surface area (Å²) in [4.78, 5) is 0. The Labute approximate surface area is 109 Å². The summed E-state index contributed by atoms with van der Waals surface area (Å²) >= 11 is 5.98. The van der Waals surface area contributed by atoms with Crippen molar-refractivity contribution in [2.45, 2.75) is 12.0 Å². The molecule has 2 aromatic rings. The molecule has 0 radical (unpaired) electrons. The fourth-order valence-corrected chi connectivity index (χ4v) is 2.21. The van der Waals surface area contributed by atoms with Crippen LogP contribution in [0.4, 0.5) is 4.39 Å². The molecule has 2 atom stereocenters. The van der Waals surface area contributed by atoms with Gasteiger partial charge in [-0.25, -0.2) is 4.39 Å². The van der Waals surface area contributed by atoms with Gasteiger partial charge in [0.15, 0.2) is 0 Å². The van der Waals surface area contributed by atoms with E-state index in [1.54, 1.807) is 12.1 Å². The highest BCUT2D eigenvalue weighted by molar-refractivity contribution is 6.31. The van der Waals surface area contributed by atoms with Crippen molar-refractivity contribution in [1.82, 2.24) is 0 Å². The highest BCUT2D eigenvalue weighted by atomic mass is 35.5. The minimum atomic E-state index is -0.836. The first-order valence-corrected chi connectivity index (χ1v) is 5.86. The van der Waals surface area contributed by atoms with Gasteiger partial charge in [0.05, 0.1) is 18.6 Å². The van der Waals surface area contributed by atoms with Crippen LogP contribution in [0.15, 0.2) is 41.2 Å². The molecule has 5 heteroatoms. The van der Waals surface area contributed by atoms with Gasteiger partial charge in [0.1, 0.15) is 5.82 Å². The topological polar surface area (TPSA) is 59.4 Å². The van der Waals surface area contributed by atoms with Crippen LogP contribution >= 0.6 is 11.6 Å². The average molecular weight is 270 g/mol. The number of halogens is 2. The summed E-state index contributed by atoms with van der Waals surface area (Å²) in [5.41, 5.74) is 6.91. The summed E-state index contributed by atoms with van der Waals surface area (Å²) in [5, 5.41) is 10.5. The molecular weight excluding hydrogens is 257 g/mol. The van der Waals surface area contributed by atoms with Crippen LogP contribution in [0.25, 0.3) is 0 Å². The van der Waals surface area contributed by atoms with E-state index in [2.05, 4.69) is 0 Å². The monoisotopic (exact) mass is 269 g/mol. The first-order valence-electron chi connectivity index (χ1n) is 5.48. The first kappa shape index (κ1) is 13.1. The van der Waals surface area contributed by atoms with E-state index in [1.165, 1.54) is 24.7 Å². The average Bonchev–Trinajstić information content (AvgIpc) is 2.86. The van der Waals surface area contributed by atoms with Crippen LogP contribution in [0, 0.1) is 5.82 Å². The molecule has 0 fully saturated rings. The third-order valence-electron chi connectivity index (χ3n) is 2.88. The zero-order valence-corrected chi connectivity index (χ0v) is 10.3. The molecule has 0 aliphatic rings. The van der Waals surface area contributed by atoms with Crippen LogP contribution in [0.1, 0.15) is 23.1 Å². The Morgan fingerprint density at radius 2 is 2.17 bits per heavy atom. The van der Waals surface area contributed by atoms with Gasteiger partial charge in [0, 0.05) is 23.0 Å². The molecule has 2 unspecified atom stereocenters. The molecule has 3 nitrogen and oxygen atoms in total. The number of aliphatic hydroxyl groups is 1. The van der Waals surface area contributed by atoms with Crippen LogP contribution < -0.4 is 5.73 Å². The number of hydrogen-bond donors (Lipinski definition) is 2. The number of furan rings is 1. The maximum atomic E-state index is 13.0. The lowest BCUT2D eigenvalue weighted by atomic mass is 9.90. The van der Waals surface area contributed by atoms with E-state index in [0.29, 0.717) is 11.1 Å². The summed E-state index contributed by atoms with van der Waals surface area (Å²) in [6.45, 7) is 0.192. The third-order valence-corrected chi connectivity index (χ3v) is 3.21. The molecule has 18 heavy (non-hydrogen) atoms. The van der Waals surface area contributed by atoms with Crippen LogP contribution in [0.3, 0.4) is 0 Å². The zero-order chi connectivity index (χ0) is 13.1. The van der Waals surface area contributed by atoms with Gasteiger partial charge in [0.25, 0.3) is 0 Å². The Hall–Kier alpha value is -1.36. The predicted molar refractivity (Wildman–Crippen MR) is 66.9 cm³/mol. The molecule has 0 amide bonds. The molecular formula is C13H13ClFNO2. The van der Waals surface area contributed by atoms with Crippen LogP contribution in [0.2, 0.25) is 5.02 Å². The van der Waals surface area contributed by atoms with Crippen molar-refractivity contribution in [3.05, 3.63) is 58.8 Å². The smallest absolute Gasteiger partial charge is 0.124 e. The number of nitrogens with two attached hydrogens (primary N) is 1. The quantitative estimate of drug-likeness (QED) is 0.897. The summed E-state index contributed by atoms with van der Waals surface area (Å²) in [7, 11) is 0. The van der Waals surface area contributed by atoms with E-state index < -0.39 is 17.8 Å². The Kier molecular flexibility index (Phi) is 4.01. The lowest BCUT2D eigenvalue weighted by molar-refractivity contribution is 0.146. The fraction of sp³-hybridized carbons (Fsp3) is 0.231. The Morgan fingerprint density at radius 1 is 1.39 bits per heavy atom. The molecule has 3 N–H and O–H groups in total. The van der Waals surface area contributed by atoms with Gasteiger partial charge in [-0.15, -0.1) is 0 Å². The minimum Gasteiger partial charge on any atom is -0.472 e. The van der Waals surface area contributed by atoms with Crippen LogP contribution in [-0.2, 0) is 0 Å². The van der Waals surface area contributed by atoms with Crippen LogP contribution in [-0.4, -0.2) is 11.7 Å². The molecule has 0 saturated heterocycles. The van der Waals surface area contributed by atoms with Crippen molar-refractivity contribution in [3.8, 4) is 0 Å². The molecule has 0 spiro atoms. The van der Waals surface area contributed by atoms with Gasteiger partial charge in [-0.2, -0.15) is 0 Å². The number of rotatable bonds is 4. The Balaban J connectivity index is 2.33. The largest absolute Gasteiger partial charge is 0.472 e. The van der Waals surface area contributed by atoms with Gasteiger partial charge in [-0.05, 0) is 23.8 Å². The second-order valence-corrected chi connectivity index (χ2v) is 4.42. The maximum Gasteiger partial charge on any atom is 0.124 e. The lowest BCUT2D eigenvalue weighted by Crippen LogP contribution is -2.20. The molecule has 96 valence electrons. The van der Waals surface area contributed by atoms with E-state index in [4.69, 9.17) is 21.8 Å². The van der Waals surface area contributed by atoms with Crippen molar-refractivity contribution in [2.24, 2.45) is 5.73 Å². The van der Waals surface area contributed by atoms with E-state index in [-0.39, 0.29) is 11.6 Å². The summed E-state index contributed by atoms with van der Waals surface area (Å²) in [6.07, 6.45) is 2.08. The second kappa shape index (κ2) is 5.52. The molecule has 0 saturated carbocycles. The zero-order valence-electron chi connectivity index (χ0n) is 9.51. The van der Waals surface area contributed by atoms with Crippen molar-refractivity contribution in [3.63, 3.8) is 0 Å². The molecule has 1 aromatic heterocycles. The molecule has 1 heterocycles. The van der Waals surface area contributed by atoms with Crippen molar-refractivity contribution in [2.75, 3.05) is 6.54 Å². The summed E-state index contributed by atoms with van der Waals surface area (Å²) < 4.78 is 17.9. The Morgan fingerprint density at radius 3 is 2.72 bits per heavy atom. The number of hydrogen-bond acceptors (Lipinski definition) is 3. The normalized spacial score (nSPS) is 14.4. The van der Waals surface area contributed by atoms with E-state index >= 15 is 0 Å². The van der Waals surface area contributed by atoms with Gasteiger partial charge in [-0.1, -0.05) is 17.7 Å². The summed E-state index contributed by atoms with van der Waals surface area (Å²) in [6, 6.07) is 5.71. The first-order chi connectivity index (χ1) is 8.63. The molecule has 0 bridgehead atoms. The van der Waals surface area contributed by atoms with Crippen molar-refractivity contribution < 1.29 is 13.9 Å². The Bertz CT molecular complexity index is 516. The third kappa shape index (κ3) is 2.56. The van der Waals surface area contributed by atoms with Gasteiger partial charge in [-0.3, -0.25) is 0 Å². The van der Waals surface area contributed by atoms with Gasteiger partial charge >= 0.3 is 0 Å². The highest BCUT2D eigenvalue weighted by Gasteiger charge is 2.24. The fourth-order valence-electron chi connectivity index (χ4n) is 1.90. The van der Waals surface area contributed by atoms with Crippen molar-refractivity contribution in [1.29, 1.82) is 0 Å². The number of aliphatic hydroxyl groups excluding tert-OH is 1. The number of benzene rings is 1. The van der Waals surface area contributed by atoms with E-state index in [1.807, 2.05) is 0 Å². The standard InChI is InChI=1S/C13H13ClFNO2/c14-12-5-9(15)1-2-10(12)11(6-16)13(17)8-3-4-18-7-8/h1-5,7,11,13,17H,6,16H2. The van der Waals surface area contributed by atoms with Gasteiger partial charge < -0.3 is 15.3 Å². The molecule has 0 aliphatic heterocycles. The SMILES string of the molecule is NCC(c1ccc(F)cc1Cl)C(O)c1ccoc1. The summed E-state index contributed by atoms with van der Waals surface area (Å²) in [5.74, 6) is -0.826. The molecule has 1 aromatic carbocycles. The van der Waals surface area contributed by atoms with Crippen LogP contribution in [0.5, 0.6) is 0 Å². The second-order valence-electron chi connectivity index (χ2n) is 4.01. The maximum absolute atomic E-state index is 13.0. The van der Waals surface area contributed by atoms with Crippen molar-refractivity contribution >= 4 is 11.6 Å². The predicted octanol–water partition coefficient (Wildman–Crippen LogP) is 2.85. The van der Waals surface area contributed by atoms with E-state index in [9.17, 15) is 9.50 Å². The van der Waals surface area contributed by atoms with E-state index in [0.717, 1.165) is 0 Å². The van der Waals surface area contributed by atoms with Gasteiger partial charge in [0.2, 0.25) is 0 Å². The lowest BCUT2D eigenvalue weighted by Gasteiger charge is -2.22.